The molecule has 0 aromatic carbocycles. The fraction of sp³-hybridized carbons (Fsp3) is 0.615. The van der Waals surface area contributed by atoms with Gasteiger partial charge in [-0.3, -0.25) is 4.79 Å². The fourth-order valence-electron chi connectivity index (χ4n) is 2.04. The van der Waals surface area contributed by atoms with E-state index in [0.717, 1.165) is 5.03 Å². The molecule has 0 fully saturated rings. The number of nitrogens with two attached hydrogens (primary N) is 1. The Kier molecular flexibility index (Phi) is 5.75. The summed E-state index contributed by atoms with van der Waals surface area (Å²) in [7, 11) is 0. The molecule has 0 saturated carbocycles. The largest absolute Gasteiger partial charge is 0.368 e. The van der Waals surface area contributed by atoms with Gasteiger partial charge in [0.1, 0.15) is 6.33 Å². The van der Waals surface area contributed by atoms with Gasteiger partial charge in [-0.15, -0.1) is 11.8 Å². The normalized spacial score (nSPS) is 16.1. The number of rotatable bonds is 7. The molecular weight excluding hydrogens is 260 g/mol. The van der Waals surface area contributed by atoms with Crippen molar-refractivity contribution >= 4 is 17.7 Å². The van der Waals surface area contributed by atoms with Gasteiger partial charge in [-0.05, 0) is 33.3 Å². The molecule has 0 aliphatic heterocycles. The summed E-state index contributed by atoms with van der Waals surface area (Å²) in [6, 6.07) is 2.06. The summed E-state index contributed by atoms with van der Waals surface area (Å²) in [5, 5.41) is 4.37. The Morgan fingerprint density at radius 2 is 2.21 bits per heavy atom. The van der Waals surface area contributed by atoms with E-state index in [2.05, 4.69) is 22.2 Å². The Balaban J connectivity index is 2.66. The van der Waals surface area contributed by atoms with Gasteiger partial charge in [0.2, 0.25) is 5.91 Å². The van der Waals surface area contributed by atoms with Gasteiger partial charge < -0.3 is 11.1 Å². The summed E-state index contributed by atoms with van der Waals surface area (Å²) < 4.78 is 0. The van der Waals surface area contributed by atoms with Crippen LogP contribution in [0.2, 0.25) is 0 Å². The lowest BCUT2D eigenvalue weighted by Gasteiger charge is -2.32. The van der Waals surface area contributed by atoms with Crippen LogP contribution in [0.25, 0.3) is 0 Å². The summed E-state index contributed by atoms with van der Waals surface area (Å²) in [6.45, 7) is 7.93. The Hall–Kier alpha value is -1.14. The van der Waals surface area contributed by atoms with E-state index in [1.54, 1.807) is 18.0 Å². The number of hydrogen-bond acceptors (Lipinski definition) is 5. The van der Waals surface area contributed by atoms with Gasteiger partial charge in [-0.1, -0.05) is 6.92 Å². The monoisotopic (exact) mass is 282 g/mol. The minimum atomic E-state index is -0.701. The lowest BCUT2D eigenvalue weighted by molar-refractivity contribution is -0.124. The Morgan fingerprint density at radius 3 is 2.68 bits per heavy atom. The number of thioether (sulfide) groups is 1. The number of primary amides is 1. The van der Waals surface area contributed by atoms with Crippen molar-refractivity contribution < 1.29 is 4.79 Å². The van der Waals surface area contributed by atoms with Gasteiger partial charge in [-0.2, -0.15) is 0 Å². The van der Waals surface area contributed by atoms with Crippen LogP contribution in [-0.4, -0.2) is 32.7 Å². The van der Waals surface area contributed by atoms with E-state index in [9.17, 15) is 4.79 Å². The molecule has 1 rings (SSSR count). The van der Waals surface area contributed by atoms with E-state index in [1.807, 2.05) is 26.8 Å². The molecule has 6 heteroatoms. The second-order valence-electron chi connectivity index (χ2n) is 5.18. The molecule has 3 N–H and O–H groups in total. The van der Waals surface area contributed by atoms with E-state index >= 15 is 0 Å². The van der Waals surface area contributed by atoms with E-state index in [4.69, 9.17) is 5.73 Å². The van der Waals surface area contributed by atoms with Crippen molar-refractivity contribution in [3.63, 3.8) is 0 Å². The Labute approximate surface area is 118 Å². The van der Waals surface area contributed by atoms with Crippen LogP contribution in [0.5, 0.6) is 0 Å². The number of aromatic nitrogens is 2. The van der Waals surface area contributed by atoms with E-state index in [0.29, 0.717) is 6.42 Å². The average Bonchev–Trinajstić information content (AvgIpc) is 2.28. The lowest BCUT2D eigenvalue weighted by atomic mass is 9.94. The molecule has 0 radical (unpaired) electrons. The Morgan fingerprint density at radius 1 is 1.53 bits per heavy atom. The van der Waals surface area contributed by atoms with Crippen LogP contribution in [0.1, 0.15) is 34.1 Å². The van der Waals surface area contributed by atoms with Crippen LogP contribution in [0.4, 0.5) is 0 Å². The first-order valence-corrected chi connectivity index (χ1v) is 7.22. The van der Waals surface area contributed by atoms with E-state index in [-0.39, 0.29) is 17.2 Å². The molecule has 0 saturated heterocycles. The van der Waals surface area contributed by atoms with Crippen molar-refractivity contribution in [2.45, 2.75) is 56.0 Å². The molecule has 2 atom stereocenters. The Bertz CT molecular complexity index is 412. The molecule has 106 valence electrons. The van der Waals surface area contributed by atoms with Crippen molar-refractivity contribution in [1.29, 1.82) is 0 Å². The van der Waals surface area contributed by atoms with Crippen molar-refractivity contribution in [3.8, 4) is 0 Å². The highest BCUT2D eigenvalue weighted by Gasteiger charge is 2.33. The van der Waals surface area contributed by atoms with Crippen molar-refractivity contribution in [2.75, 3.05) is 0 Å². The first kappa shape index (κ1) is 15.9. The first-order chi connectivity index (χ1) is 8.83. The number of nitrogens with one attached hydrogen (secondary N) is 1. The topological polar surface area (TPSA) is 80.9 Å². The third kappa shape index (κ3) is 5.16. The van der Waals surface area contributed by atoms with Gasteiger partial charge in [0.25, 0.3) is 0 Å². The van der Waals surface area contributed by atoms with Crippen molar-refractivity contribution in [1.82, 2.24) is 15.3 Å². The highest BCUT2D eigenvalue weighted by atomic mass is 32.2. The van der Waals surface area contributed by atoms with Crippen LogP contribution in [0.3, 0.4) is 0 Å². The zero-order chi connectivity index (χ0) is 14.5. The number of carbonyl (C=O) groups excluding carboxylic acids is 1. The standard InChI is InChI=1S/C13H22N4OS/c1-9(2)17-13(4,12(14)18)7-10(3)19-11-5-6-15-8-16-11/h5-6,8-10,17H,7H2,1-4H3,(H2,14,18). The number of hydrogen-bond donors (Lipinski definition) is 2. The average molecular weight is 282 g/mol. The number of carbonyl (C=O) groups is 1. The van der Waals surface area contributed by atoms with Gasteiger partial charge in [-0.25, -0.2) is 9.97 Å². The summed E-state index contributed by atoms with van der Waals surface area (Å²) in [5.74, 6) is -0.323. The highest BCUT2D eigenvalue weighted by Crippen LogP contribution is 2.27. The fourth-order valence-corrected chi connectivity index (χ4v) is 3.12. The van der Waals surface area contributed by atoms with Crippen LogP contribution < -0.4 is 11.1 Å². The molecule has 2 unspecified atom stereocenters. The zero-order valence-corrected chi connectivity index (χ0v) is 12.7. The molecule has 0 aliphatic carbocycles. The summed E-state index contributed by atoms with van der Waals surface area (Å²) in [6.07, 6.45) is 3.88. The van der Waals surface area contributed by atoms with Gasteiger partial charge in [0.15, 0.2) is 0 Å². The third-order valence-corrected chi connectivity index (χ3v) is 3.78. The van der Waals surface area contributed by atoms with Crippen LogP contribution in [-0.2, 0) is 4.79 Å². The molecule has 19 heavy (non-hydrogen) atoms. The van der Waals surface area contributed by atoms with Crippen molar-refractivity contribution in [3.05, 3.63) is 18.6 Å². The molecule has 1 aromatic rings. The molecule has 0 aliphatic rings. The maximum atomic E-state index is 11.7. The molecule has 5 nitrogen and oxygen atoms in total. The molecular formula is C13H22N4OS. The van der Waals surface area contributed by atoms with Crippen molar-refractivity contribution in [2.24, 2.45) is 5.73 Å². The van der Waals surface area contributed by atoms with Crippen LogP contribution in [0.15, 0.2) is 23.6 Å². The summed E-state index contributed by atoms with van der Waals surface area (Å²) in [4.78, 5) is 19.7. The number of amides is 1. The molecule has 0 spiro atoms. The zero-order valence-electron chi connectivity index (χ0n) is 11.9. The van der Waals surface area contributed by atoms with E-state index in [1.165, 1.54) is 6.33 Å². The number of nitrogens with zero attached hydrogens (tertiary/aromatic N) is 2. The minimum absolute atomic E-state index is 0.203. The maximum absolute atomic E-state index is 11.7. The predicted molar refractivity (Wildman–Crippen MR) is 77.8 cm³/mol. The molecule has 1 amide bonds. The maximum Gasteiger partial charge on any atom is 0.237 e. The van der Waals surface area contributed by atoms with Crippen LogP contribution >= 0.6 is 11.8 Å². The van der Waals surface area contributed by atoms with Gasteiger partial charge >= 0.3 is 0 Å². The van der Waals surface area contributed by atoms with Gasteiger partial charge in [0, 0.05) is 17.5 Å². The second-order valence-corrected chi connectivity index (χ2v) is 6.63. The summed E-state index contributed by atoms with van der Waals surface area (Å²) in [5.41, 5.74) is 4.82. The van der Waals surface area contributed by atoms with Gasteiger partial charge in [0.05, 0.1) is 10.6 Å². The minimum Gasteiger partial charge on any atom is -0.368 e. The highest BCUT2D eigenvalue weighted by molar-refractivity contribution is 7.99. The molecule has 1 heterocycles. The smallest absolute Gasteiger partial charge is 0.237 e. The predicted octanol–water partition coefficient (Wildman–Crippen LogP) is 1.59. The van der Waals surface area contributed by atoms with Crippen LogP contribution in [0, 0.1) is 0 Å². The molecule has 0 bridgehead atoms. The SMILES string of the molecule is CC(C)NC(C)(CC(C)Sc1ccncn1)C(N)=O. The quantitative estimate of drug-likeness (QED) is 0.586. The second kappa shape index (κ2) is 6.86. The first-order valence-electron chi connectivity index (χ1n) is 6.34. The molecule has 1 aromatic heterocycles. The van der Waals surface area contributed by atoms with E-state index < -0.39 is 5.54 Å². The third-order valence-electron chi connectivity index (χ3n) is 2.72. The summed E-state index contributed by atoms with van der Waals surface area (Å²) >= 11 is 1.62. The lowest BCUT2D eigenvalue weighted by Crippen LogP contribution is -2.56.